The monoisotopic (exact) mass is 216 g/mol. The highest BCUT2D eigenvalue weighted by Crippen LogP contribution is 2.06. The average molecular weight is 216 g/mol. The van der Waals surface area contributed by atoms with Gasteiger partial charge in [0, 0.05) is 18.9 Å². The quantitative estimate of drug-likeness (QED) is 0.734. The van der Waals surface area contributed by atoms with E-state index in [2.05, 4.69) is 9.72 Å². The number of carbonyl (C=O) groups is 1. The van der Waals surface area contributed by atoms with Crippen LogP contribution in [0.1, 0.15) is 16.2 Å². The lowest BCUT2D eigenvalue weighted by Crippen LogP contribution is -2.12. The summed E-state index contributed by atoms with van der Waals surface area (Å²) >= 11 is 0. The minimum absolute atomic E-state index is 0.325. The van der Waals surface area contributed by atoms with Crippen molar-refractivity contribution >= 4 is 5.97 Å². The molecule has 4 nitrogen and oxygen atoms in total. The van der Waals surface area contributed by atoms with Crippen LogP contribution in [-0.4, -0.2) is 22.6 Å². The zero-order valence-corrected chi connectivity index (χ0v) is 8.96. The topological polar surface area (TPSA) is 44.1 Å². The first-order valence-electron chi connectivity index (χ1n) is 4.94. The van der Waals surface area contributed by atoms with Gasteiger partial charge in [-0.1, -0.05) is 30.3 Å². The maximum absolute atomic E-state index is 11.4. The molecule has 0 fully saturated rings. The molecule has 2 rings (SSSR count). The molecule has 1 aromatic heterocycles. The van der Waals surface area contributed by atoms with Gasteiger partial charge in [-0.05, 0) is 5.56 Å². The summed E-state index contributed by atoms with van der Waals surface area (Å²) < 4.78 is 6.42. The molecule has 0 bridgehead atoms. The van der Waals surface area contributed by atoms with Crippen molar-refractivity contribution in [3.8, 4) is 0 Å². The summed E-state index contributed by atoms with van der Waals surface area (Å²) in [5.74, 6) is -0.0905. The second-order valence-corrected chi connectivity index (χ2v) is 3.36. The predicted molar refractivity (Wildman–Crippen MR) is 59.1 cm³/mol. The summed E-state index contributed by atoms with van der Waals surface area (Å²) in [4.78, 5) is 15.4. The number of esters is 1. The minimum Gasteiger partial charge on any atom is -0.463 e. The Labute approximate surface area is 93.5 Å². The Morgan fingerprint density at radius 3 is 2.81 bits per heavy atom. The predicted octanol–water partition coefficient (Wildman–Crippen LogP) is 1.72. The van der Waals surface area contributed by atoms with Crippen LogP contribution in [0.2, 0.25) is 0 Å². The number of carbonyl (C=O) groups excluding carboxylic acids is 1. The lowest BCUT2D eigenvalue weighted by atomic mass is 10.2. The zero-order valence-electron chi connectivity index (χ0n) is 8.96. The van der Waals surface area contributed by atoms with E-state index in [1.54, 1.807) is 17.0 Å². The molecule has 0 saturated carbocycles. The van der Waals surface area contributed by atoms with Crippen LogP contribution in [0, 0.1) is 0 Å². The Hall–Kier alpha value is -2.10. The molecule has 0 saturated heterocycles. The Morgan fingerprint density at radius 2 is 2.12 bits per heavy atom. The molecular formula is C12H12N2O2. The third-order valence-electron chi connectivity index (χ3n) is 2.28. The van der Waals surface area contributed by atoms with Crippen molar-refractivity contribution in [2.24, 2.45) is 0 Å². The van der Waals surface area contributed by atoms with Crippen LogP contribution in [0.3, 0.4) is 0 Å². The summed E-state index contributed by atoms with van der Waals surface area (Å²) in [6.07, 6.45) is 3.36. The van der Waals surface area contributed by atoms with E-state index in [1.165, 1.54) is 7.11 Å². The van der Waals surface area contributed by atoms with E-state index < -0.39 is 5.97 Å². The largest absolute Gasteiger partial charge is 0.463 e. The van der Waals surface area contributed by atoms with Gasteiger partial charge in [0.2, 0.25) is 5.82 Å². The standard InChI is InChI=1S/C12H12N2O2/c1-16-12(15)11-13-7-8-14(11)9-10-5-3-2-4-6-10/h2-8H,9H2,1H3. The number of benzene rings is 1. The van der Waals surface area contributed by atoms with Crippen molar-refractivity contribution in [2.75, 3.05) is 7.11 Å². The Kier molecular flexibility index (Phi) is 3.00. The summed E-state index contributed by atoms with van der Waals surface area (Å²) in [7, 11) is 1.35. The highest BCUT2D eigenvalue weighted by molar-refractivity contribution is 5.85. The third kappa shape index (κ3) is 2.11. The Bertz CT molecular complexity index is 477. The molecule has 4 heteroatoms. The van der Waals surface area contributed by atoms with E-state index in [1.807, 2.05) is 30.3 Å². The van der Waals surface area contributed by atoms with Gasteiger partial charge in [0.25, 0.3) is 0 Å². The van der Waals surface area contributed by atoms with Gasteiger partial charge in [0.1, 0.15) is 0 Å². The maximum Gasteiger partial charge on any atom is 0.374 e. The van der Waals surface area contributed by atoms with Crippen molar-refractivity contribution in [1.82, 2.24) is 9.55 Å². The molecule has 2 aromatic rings. The molecule has 0 aliphatic carbocycles. The molecule has 16 heavy (non-hydrogen) atoms. The number of aromatic nitrogens is 2. The Balaban J connectivity index is 2.22. The fraction of sp³-hybridized carbons (Fsp3) is 0.167. The fourth-order valence-electron chi connectivity index (χ4n) is 1.50. The van der Waals surface area contributed by atoms with Crippen LogP contribution in [0.4, 0.5) is 0 Å². The Morgan fingerprint density at radius 1 is 1.38 bits per heavy atom. The van der Waals surface area contributed by atoms with Gasteiger partial charge in [0.05, 0.1) is 7.11 Å². The van der Waals surface area contributed by atoms with E-state index in [0.717, 1.165) is 5.56 Å². The number of rotatable bonds is 3. The second kappa shape index (κ2) is 4.61. The summed E-state index contributed by atoms with van der Waals surface area (Å²) in [5.41, 5.74) is 1.12. The van der Waals surface area contributed by atoms with Gasteiger partial charge < -0.3 is 9.30 Å². The highest BCUT2D eigenvalue weighted by atomic mass is 16.5. The molecule has 0 aliphatic heterocycles. The average Bonchev–Trinajstić information content (AvgIpc) is 2.77. The van der Waals surface area contributed by atoms with E-state index in [9.17, 15) is 4.79 Å². The van der Waals surface area contributed by atoms with Crippen LogP contribution < -0.4 is 0 Å². The van der Waals surface area contributed by atoms with Crippen LogP contribution in [-0.2, 0) is 11.3 Å². The molecule has 82 valence electrons. The number of imidazole rings is 1. The third-order valence-corrected chi connectivity index (χ3v) is 2.28. The molecule has 1 heterocycles. The zero-order chi connectivity index (χ0) is 11.4. The van der Waals surface area contributed by atoms with Crippen LogP contribution in [0.25, 0.3) is 0 Å². The van der Waals surface area contributed by atoms with Gasteiger partial charge in [0.15, 0.2) is 0 Å². The van der Waals surface area contributed by atoms with Gasteiger partial charge in [-0.3, -0.25) is 0 Å². The maximum atomic E-state index is 11.4. The number of nitrogens with zero attached hydrogens (tertiary/aromatic N) is 2. The minimum atomic E-state index is -0.416. The number of ether oxygens (including phenoxy) is 1. The SMILES string of the molecule is COC(=O)c1nccn1Cc1ccccc1. The van der Waals surface area contributed by atoms with Gasteiger partial charge in [-0.15, -0.1) is 0 Å². The van der Waals surface area contributed by atoms with Gasteiger partial charge in [-0.25, -0.2) is 9.78 Å². The van der Waals surface area contributed by atoms with Crippen LogP contribution >= 0.6 is 0 Å². The van der Waals surface area contributed by atoms with Crippen molar-refractivity contribution < 1.29 is 9.53 Å². The first kappa shape index (κ1) is 10.4. The summed E-state index contributed by atoms with van der Waals surface area (Å²) in [6.45, 7) is 0.616. The lowest BCUT2D eigenvalue weighted by molar-refractivity contribution is 0.0582. The highest BCUT2D eigenvalue weighted by Gasteiger charge is 2.12. The molecular weight excluding hydrogens is 204 g/mol. The molecule has 0 aliphatic rings. The first-order valence-corrected chi connectivity index (χ1v) is 4.94. The number of hydrogen-bond donors (Lipinski definition) is 0. The molecule has 0 amide bonds. The van der Waals surface area contributed by atoms with Crippen LogP contribution in [0.5, 0.6) is 0 Å². The summed E-state index contributed by atoms with van der Waals surface area (Å²) in [6, 6.07) is 9.88. The van der Waals surface area contributed by atoms with E-state index in [-0.39, 0.29) is 0 Å². The second-order valence-electron chi connectivity index (χ2n) is 3.36. The van der Waals surface area contributed by atoms with E-state index in [0.29, 0.717) is 12.4 Å². The van der Waals surface area contributed by atoms with Gasteiger partial charge >= 0.3 is 5.97 Å². The van der Waals surface area contributed by atoms with Gasteiger partial charge in [-0.2, -0.15) is 0 Å². The molecule has 0 spiro atoms. The smallest absolute Gasteiger partial charge is 0.374 e. The molecule has 0 radical (unpaired) electrons. The number of hydrogen-bond acceptors (Lipinski definition) is 3. The van der Waals surface area contributed by atoms with Crippen molar-refractivity contribution in [3.63, 3.8) is 0 Å². The lowest BCUT2D eigenvalue weighted by Gasteiger charge is -2.05. The number of methoxy groups -OCH3 is 1. The summed E-state index contributed by atoms with van der Waals surface area (Å²) in [5, 5.41) is 0. The van der Waals surface area contributed by atoms with Crippen molar-refractivity contribution in [2.45, 2.75) is 6.54 Å². The molecule has 0 atom stereocenters. The molecule has 0 unspecified atom stereocenters. The van der Waals surface area contributed by atoms with E-state index in [4.69, 9.17) is 0 Å². The van der Waals surface area contributed by atoms with Crippen molar-refractivity contribution in [1.29, 1.82) is 0 Å². The van der Waals surface area contributed by atoms with Crippen molar-refractivity contribution in [3.05, 3.63) is 54.1 Å². The molecule has 1 aromatic carbocycles. The fourth-order valence-corrected chi connectivity index (χ4v) is 1.50. The van der Waals surface area contributed by atoms with Crippen LogP contribution in [0.15, 0.2) is 42.7 Å². The molecule has 0 N–H and O–H groups in total. The normalized spacial score (nSPS) is 10.1. The van der Waals surface area contributed by atoms with E-state index >= 15 is 0 Å². The first-order chi connectivity index (χ1) is 7.81.